The van der Waals surface area contributed by atoms with Crippen molar-refractivity contribution in [2.75, 3.05) is 25.7 Å². The van der Waals surface area contributed by atoms with Crippen molar-refractivity contribution < 1.29 is 46.9 Å². The Bertz CT molecular complexity index is 1060. The Balaban J connectivity index is 1.51. The number of carbonyl (C=O) groups excluding carboxylic acids is 2. The van der Waals surface area contributed by atoms with E-state index in [2.05, 4.69) is 15.0 Å². The minimum atomic E-state index is -4.00. The van der Waals surface area contributed by atoms with E-state index in [1.54, 1.807) is 34.0 Å². The van der Waals surface area contributed by atoms with Gasteiger partial charge in [0.15, 0.2) is 11.5 Å². The van der Waals surface area contributed by atoms with Gasteiger partial charge in [0, 0.05) is 6.04 Å². The van der Waals surface area contributed by atoms with Crippen molar-refractivity contribution in [2.45, 2.75) is 64.9 Å². The maximum absolute atomic E-state index is 13.1. The summed E-state index contributed by atoms with van der Waals surface area (Å²) in [5, 5.41) is 0. The number of nitrogens with zero attached hydrogens (tertiary/aromatic N) is 4. The van der Waals surface area contributed by atoms with Crippen LogP contribution in [0, 0.1) is 0 Å². The molecule has 1 aliphatic rings. The number of hydrogen-bond acceptors (Lipinski definition) is 14. The topological polar surface area (TPSA) is 185 Å². The molecule has 0 unspecified atom stereocenters. The molecular weight excluding hydrogens is 501 g/mol. The van der Waals surface area contributed by atoms with Crippen LogP contribution in [0.3, 0.4) is 0 Å². The largest absolute Gasteiger partial charge is 0.510 e. The highest BCUT2D eigenvalue weighted by Crippen LogP contribution is 2.50. The highest BCUT2D eigenvalue weighted by atomic mass is 31.2. The third-order valence-electron chi connectivity index (χ3n) is 4.83. The zero-order valence-corrected chi connectivity index (χ0v) is 21.3. The Morgan fingerprint density at radius 2 is 1.61 bits per heavy atom. The molecule has 1 saturated carbocycles. The molecule has 2 N–H and O–H groups in total. The minimum Gasteiger partial charge on any atom is -0.432 e. The Kier molecular flexibility index (Phi) is 9.43. The van der Waals surface area contributed by atoms with Gasteiger partial charge < -0.3 is 34.0 Å². The Hall–Kier alpha value is -3.00. The lowest BCUT2D eigenvalue weighted by molar-refractivity contribution is -0.0464. The molecule has 0 bridgehead atoms. The molecule has 0 aliphatic heterocycles. The van der Waals surface area contributed by atoms with Crippen LogP contribution in [0.15, 0.2) is 12.7 Å². The van der Waals surface area contributed by atoms with E-state index >= 15 is 0 Å². The number of imidazole rings is 1. The number of rotatable bonds is 12. The highest BCUT2D eigenvalue weighted by Gasteiger charge is 2.36. The molecule has 0 atom stereocenters. The lowest BCUT2D eigenvalue weighted by Crippen LogP contribution is -2.33. The van der Waals surface area contributed by atoms with Gasteiger partial charge in [0.1, 0.15) is 18.2 Å². The van der Waals surface area contributed by atoms with Crippen molar-refractivity contribution >= 4 is 36.9 Å². The van der Waals surface area contributed by atoms with Crippen LogP contribution in [0.2, 0.25) is 0 Å². The highest BCUT2D eigenvalue weighted by molar-refractivity contribution is 7.53. The summed E-state index contributed by atoms with van der Waals surface area (Å²) in [6, 6.07) is 0.0406. The minimum absolute atomic E-state index is 0.0406. The number of nitrogens with two attached hydrogens (primary N) is 1. The molecule has 0 aromatic carbocycles. The van der Waals surface area contributed by atoms with E-state index in [9.17, 15) is 14.2 Å². The summed E-state index contributed by atoms with van der Waals surface area (Å²) in [4.78, 5) is 35.5. The van der Waals surface area contributed by atoms with Gasteiger partial charge >= 0.3 is 19.9 Å². The first-order chi connectivity index (χ1) is 17.1. The molecule has 2 aromatic rings. The molecule has 0 amide bonds. The standard InChI is InChI=1S/C20H30N5O10P/c1-12(2)34-19(26)29-9-32-36(28,33-10-30-20(27)35-13(3)4)11-31-15-5-14(6-15)25-8-24-16-17(21)22-7-23-18(16)25/h7-8,12-15H,5-6,9-11H2,1-4H3,(H2,21,22,23). The van der Waals surface area contributed by atoms with Crippen molar-refractivity contribution in [2.24, 2.45) is 0 Å². The number of hydrogen-bond donors (Lipinski definition) is 1. The van der Waals surface area contributed by atoms with Crippen LogP contribution in [0.1, 0.15) is 46.6 Å². The van der Waals surface area contributed by atoms with Gasteiger partial charge in [-0.15, -0.1) is 0 Å². The van der Waals surface area contributed by atoms with Gasteiger partial charge in [-0.05, 0) is 40.5 Å². The van der Waals surface area contributed by atoms with Gasteiger partial charge in [-0.1, -0.05) is 0 Å². The first-order valence-corrected chi connectivity index (χ1v) is 12.9. The lowest BCUT2D eigenvalue weighted by atomic mass is 9.89. The second-order valence-corrected chi connectivity index (χ2v) is 10.3. The fourth-order valence-corrected chi connectivity index (χ4v) is 4.15. The summed E-state index contributed by atoms with van der Waals surface area (Å²) in [5.41, 5.74) is 6.95. The molecule has 3 rings (SSSR count). The second kappa shape index (κ2) is 12.3. The summed E-state index contributed by atoms with van der Waals surface area (Å²) >= 11 is 0. The van der Waals surface area contributed by atoms with Crippen LogP contribution in [0.25, 0.3) is 11.2 Å². The van der Waals surface area contributed by atoms with E-state index in [-0.39, 0.29) is 12.1 Å². The number of fused-ring (bicyclic) bond motifs is 1. The zero-order chi connectivity index (χ0) is 26.3. The molecule has 1 fully saturated rings. The first kappa shape index (κ1) is 27.6. The maximum atomic E-state index is 13.1. The molecule has 1 aliphatic carbocycles. The van der Waals surface area contributed by atoms with Gasteiger partial charge in [-0.25, -0.2) is 24.5 Å². The summed E-state index contributed by atoms with van der Waals surface area (Å²) in [7, 11) is -4.00. The molecule has 0 radical (unpaired) electrons. The van der Waals surface area contributed by atoms with Crippen molar-refractivity contribution in [3.8, 4) is 0 Å². The molecule has 36 heavy (non-hydrogen) atoms. The number of ether oxygens (including phenoxy) is 5. The molecule has 0 saturated heterocycles. The normalized spacial score (nSPS) is 17.7. The van der Waals surface area contributed by atoms with Gasteiger partial charge in [0.05, 0.1) is 24.6 Å². The van der Waals surface area contributed by atoms with E-state index < -0.39 is 52.0 Å². The van der Waals surface area contributed by atoms with E-state index in [0.29, 0.717) is 29.8 Å². The third kappa shape index (κ3) is 7.75. The smallest absolute Gasteiger partial charge is 0.432 e. The van der Waals surface area contributed by atoms with Crippen molar-refractivity contribution in [1.82, 2.24) is 19.5 Å². The Labute approximate surface area is 207 Å². The molecule has 15 nitrogen and oxygen atoms in total. The summed E-state index contributed by atoms with van der Waals surface area (Å²) < 4.78 is 50.1. The van der Waals surface area contributed by atoms with Crippen molar-refractivity contribution in [3.05, 3.63) is 12.7 Å². The van der Waals surface area contributed by atoms with Crippen LogP contribution in [-0.4, -0.2) is 70.1 Å². The fraction of sp³-hybridized carbons (Fsp3) is 0.650. The Morgan fingerprint density at radius 1 is 1.03 bits per heavy atom. The summed E-state index contributed by atoms with van der Waals surface area (Å²) in [6.45, 7) is 5.10. The van der Waals surface area contributed by atoms with Crippen molar-refractivity contribution in [1.29, 1.82) is 0 Å². The molecule has 2 aromatic heterocycles. The molecule has 200 valence electrons. The van der Waals surface area contributed by atoms with E-state index in [0.717, 1.165) is 0 Å². The summed E-state index contributed by atoms with van der Waals surface area (Å²) in [6.07, 6.45) is 0.563. The molecule has 0 spiro atoms. The monoisotopic (exact) mass is 531 g/mol. The zero-order valence-electron chi connectivity index (χ0n) is 20.4. The fourth-order valence-electron chi connectivity index (χ4n) is 3.11. The van der Waals surface area contributed by atoms with E-state index in [1.165, 1.54) is 6.33 Å². The molecule has 16 heteroatoms. The number of anilines is 1. The quantitative estimate of drug-likeness (QED) is 0.239. The Morgan fingerprint density at radius 3 is 2.17 bits per heavy atom. The number of aromatic nitrogens is 4. The maximum Gasteiger partial charge on any atom is 0.510 e. The summed E-state index contributed by atoms with van der Waals surface area (Å²) in [5.74, 6) is 0.292. The van der Waals surface area contributed by atoms with E-state index in [1.807, 2.05) is 4.57 Å². The van der Waals surface area contributed by atoms with Gasteiger partial charge in [-0.2, -0.15) is 0 Å². The lowest BCUT2D eigenvalue weighted by Gasteiger charge is -2.36. The van der Waals surface area contributed by atoms with Crippen LogP contribution in [-0.2, 0) is 37.3 Å². The van der Waals surface area contributed by atoms with Gasteiger partial charge in [-0.3, -0.25) is 13.6 Å². The second-order valence-electron chi connectivity index (χ2n) is 8.35. The number of nitrogen functional groups attached to an aromatic ring is 1. The number of carbonyl (C=O) groups is 2. The van der Waals surface area contributed by atoms with Crippen LogP contribution >= 0.6 is 7.60 Å². The van der Waals surface area contributed by atoms with Gasteiger partial charge in [0.25, 0.3) is 0 Å². The SMILES string of the molecule is CC(C)OC(=O)OCOP(=O)(COC1CC(n2cnc3c(N)ncnc32)C1)OCOC(=O)OC(C)C. The van der Waals surface area contributed by atoms with Crippen LogP contribution in [0.5, 0.6) is 0 Å². The average molecular weight is 531 g/mol. The van der Waals surface area contributed by atoms with Gasteiger partial charge in [0.2, 0.25) is 13.6 Å². The predicted octanol–water partition coefficient (Wildman–Crippen LogP) is 3.35. The van der Waals surface area contributed by atoms with Crippen LogP contribution < -0.4 is 5.73 Å². The third-order valence-corrected chi connectivity index (χ3v) is 6.30. The van der Waals surface area contributed by atoms with Crippen LogP contribution in [0.4, 0.5) is 15.4 Å². The van der Waals surface area contributed by atoms with E-state index in [4.69, 9.17) is 38.5 Å². The molecular formula is C20H30N5O10P. The average Bonchev–Trinajstić information content (AvgIpc) is 3.16. The predicted molar refractivity (Wildman–Crippen MR) is 123 cm³/mol. The first-order valence-electron chi connectivity index (χ1n) is 11.2. The van der Waals surface area contributed by atoms with Crippen molar-refractivity contribution in [3.63, 3.8) is 0 Å². The molecule has 2 heterocycles.